The fraction of sp³-hybridized carbons (Fsp3) is 0.947. The number of hydrogen-bond acceptors (Lipinski definition) is 2. The van der Waals surface area contributed by atoms with Gasteiger partial charge in [0.2, 0.25) is 5.91 Å². The van der Waals surface area contributed by atoms with Crippen molar-refractivity contribution in [2.75, 3.05) is 13.1 Å². The molecule has 1 amide bonds. The zero-order valence-corrected chi connectivity index (χ0v) is 14.1. The van der Waals surface area contributed by atoms with Crippen molar-refractivity contribution >= 4 is 5.91 Å². The lowest BCUT2D eigenvalue weighted by Gasteiger charge is -2.30. The molecule has 2 aliphatic carbocycles. The Morgan fingerprint density at radius 1 is 1.05 bits per heavy atom. The summed E-state index contributed by atoms with van der Waals surface area (Å²) < 4.78 is 0. The number of unbranched alkanes of at least 4 members (excludes halogenated alkanes) is 3. The summed E-state index contributed by atoms with van der Waals surface area (Å²) >= 11 is 0. The molecule has 1 saturated heterocycles. The summed E-state index contributed by atoms with van der Waals surface area (Å²) in [5.74, 6) is 3.39. The summed E-state index contributed by atoms with van der Waals surface area (Å²) in [6, 6.07) is 0.570. The third-order valence-corrected chi connectivity index (χ3v) is 6.50. The normalized spacial score (nSPS) is 33.8. The molecule has 3 fully saturated rings. The van der Waals surface area contributed by atoms with Gasteiger partial charge in [-0.05, 0) is 75.7 Å². The van der Waals surface area contributed by atoms with Crippen LogP contribution in [0.2, 0.25) is 0 Å². The zero-order valence-electron chi connectivity index (χ0n) is 14.1. The van der Waals surface area contributed by atoms with Crippen molar-refractivity contribution < 1.29 is 4.79 Å². The maximum absolute atomic E-state index is 12.5. The number of nitrogens with zero attached hydrogens (tertiary/aromatic N) is 1. The van der Waals surface area contributed by atoms with E-state index in [4.69, 9.17) is 5.73 Å². The van der Waals surface area contributed by atoms with E-state index in [1.54, 1.807) is 0 Å². The number of nitrogens with two attached hydrogens (primary N) is 1. The highest BCUT2D eigenvalue weighted by molar-refractivity contribution is 5.76. The summed E-state index contributed by atoms with van der Waals surface area (Å²) in [5, 5.41) is 0. The van der Waals surface area contributed by atoms with Crippen LogP contribution in [0, 0.1) is 17.8 Å². The molecule has 3 heteroatoms. The number of fused-ring (bicyclic) bond motifs is 2. The van der Waals surface area contributed by atoms with Crippen LogP contribution in [-0.4, -0.2) is 29.9 Å². The molecule has 2 saturated carbocycles. The lowest BCUT2D eigenvalue weighted by molar-refractivity contribution is -0.132. The van der Waals surface area contributed by atoms with Crippen LogP contribution in [0.15, 0.2) is 0 Å². The van der Waals surface area contributed by atoms with E-state index in [1.165, 1.54) is 51.4 Å². The van der Waals surface area contributed by atoms with Crippen LogP contribution in [0.3, 0.4) is 0 Å². The van der Waals surface area contributed by atoms with Gasteiger partial charge < -0.3 is 10.6 Å². The first-order valence-electron chi connectivity index (χ1n) is 9.77. The first-order valence-corrected chi connectivity index (χ1v) is 9.77. The van der Waals surface area contributed by atoms with E-state index in [0.717, 1.165) is 56.5 Å². The van der Waals surface area contributed by atoms with Gasteiger partial charge >= 0.3 is 0 Å². The van der Waals surface area contributed by atoms with Crippen molar-refractivity contribution in [3.05, 3.63) is 0 Å². The van der Waals surface area contributed by atoms with E-state index in [-0.39, 0.29) is 0 Å². The molecule has 3 rings (SSSR count). The Morgan fingerprint density at radius 3 is 2.64 bits per heavy atom. The molecule has 2 N–H and O–H groups in total. The average molecular weight is 306 g/mol. The van der Waals surface area contributed by atoms with Gasteiger partial charge in [-0.25, -0.2) is 0 Å². The fourth-order valence-electron chi connectivity index (χ4n) is 5.34. The number of hydrogen-bond donors (Lipinski definition) is 1. The monoisotopic (exact) mass is 306 g/mol. The number of carbonyl (C=O) groups excluding carboxylic acids is 1. The third-order valence-electron chi connectivity index (χ3n) is 6.50. The molecular weight excluding hydrogens is 272 g/mol. The largest absolute Gasteiger partial charge is 0.340 e. The SMILES string of the molecule is NCCCCCCC(=O)N1CCCC1CC1CC2CCC1C2. The van der Waals surface area contributed by atoms with E-state index in [2.05, 4.69) is 4.90 Å². The Balaban J connectivity index is 1.41. The second kappa shape index (κ2) is 7.81. The van der Waals surface area contributed by atoms with Crippen LogP contribution in [0.4, 0.5) is 0 Å². The van der Waals surface area contributed by atoms with E-state index in [1.807, 2.05) is 0 Å². The van der Waals surface area contributed by atoms with E-state index >= 15 is 0 Å². The van der Waals surface area contributed by atoms with Crippen LogP contribution >= 0.6 is 0 Å². The molecular formula is C19H34N2O. The lowest BCUT2D eigenvalue weighted by Crippen LogP contribution is -2.37. The van der Waals surface area contributed by atoms with Gasteiger partial charge in [0.1, 0.15) is 0 Å². The number of carbonyl (C=O) groups is 1. The standard InChI is InChI=1S/C19H34N2O/c20-10-4-2-1-3-7-19(22)21-11-5-6-18(21)14-17-13-15-8-9-16(17)12-15/h15-18H,1-14,20H2. The van der Waals surface area contributed by atoms with Crippen molar-refractivity contribution in [2.24, 2.45) is 23.5 Å². The summed E-state index contributed by atoms with van der Waals surface area (Å²) in [5.41, 5.74) is 5.52. The average Bonchev–Trinajstić information content (AvgIpc) is 3.23. The molecule has 0 spiro atoms. The molecule has 0 aromatic carbocycles. The van der Waals surface area contributed by atoms with E-state index in [0.29, 0.717) is 11.9 Å². The van der Waals surface area contributed by atoms with Gasteiger partial charge in [0, 0.05) is 19.0 Å². The molecule has 0 aromatic rings. The van der Waals surface area contributed by atoms with Crippen LogP contribution < -0.4 is 5.73 Å². The molecule has 126 valence electrons. The summed E-state index contributed by atoms with van der Waals surface area (Å²) in [6.45, 7) is 1.80. The lowest BCUT2D eigenvalue weighted by atomic mass is 9.83. The quantitative estimate of drug-likeness (QED) is 0.695. The molecule has 22 heavy (non-hydrogen) atoms. The van der Waals surface area contributed by atoms with Crippen LogP contribution in [0.1, 0.15) is 77.0 Å². The number of likely N-dealkylation sites (tertiary alicyclic amines) is 1. The van der Waals surface area contributed by atoms with Gasteiger partial charge in [0.25, 0.3) is 0 Å². The molecule has 0 aromatic heterocycles. The molecule has 3 aliphatic rings. The Kier molecular flexibility index (Phi) is 5.78. The smallest absolute Gasteiger partial charge is 0.222 e. The van der Waals surface area contributed by atoms with Gasteiger partial charge in [0.05, 0.1) is 0 Å². The zero-order chi connectivity index (χ0) is 15.4. The molecule has 4 atom stereocenters. The second-order valence-electron chi connectivity index (χ2n) is 8.01. The molecule has 0 radical (unpaired) electrons. The highest BCUT2D eigenvalue weighted by Crippen LogP contribution is 2.50. The van der Waals surface area contributed by atoms with Crippen molar-refractivity contribution in [1.82, 2.24) is 4.90 Å². The van der Waals surface area contributed by atoms with Gasteiger partial charge in [-0.15, -0.1) is 0 Å². The minimum Gasteiger partial charge on any atom is -0.340 e. The van der Waals surface area contributed by atoms with Crippen LogP contribution in [-0.2, 0) is 4.79 Å². The van der Waals surface area contributed by atoms with Crippen molar-refractivity contribution in [1.29, 1.82) is 0 Å². The van der Waals surface area contributed by atoms with Gasteiger partial charge in [-0.3, -0.25) is 4.79 Å². The summed E-state index contributed by atoms with van der Waals surface area (Å²) in [4.78, 5) is 14.8. The molecule has 3 nitrogen and oxygen atoms in total. The number of rotatable bonds is 8. The minimum absolute atomic E-state index is 0.429. The van der Waals surface area contributed by atoms with Crippen LogP contribution in [0.5, 0.6) is 0 Å². The van der Waals surface area contributed by atoms with Gasteiger partial charge in [0.15, 0.2) is 0 Å². The molecule has 4 unspecified atom stereocenters. The highest BCUT2D eigenvalue weighted by atomic mass is 16.2. The van der Waals surface area contributed by atoms with E-state index in [9.17, 15) is 4.79 Å². The predicted octanol–water partition coefficient (Wildman–Crippen LogP) is 3.71. The van der Waals surface area contributed by atoms with Crippen molar-refractivity contribution in [2.45, 2.75) is 83.1 Å². The second-order valence-corrected chi connectivity index (χ2v) is 8.01. The Bertz CT molecular complexity index is 370. The van der Waals surface area contributed by atoms with Gasteiger partial charge in [-0.1, -0.05) is 19.3 Å². The molecule has 1 aliphatic heterocycles. The highest BCUT2D eigenvalue weighted by Gasteiger charge is 2.41. The predicted molar refractivity (Wildman–Crippen MR) is 90.4 cm³/mol. The molecule has 2 bridgehead atoms. The Morgan fingerprint density at radius 2 is 1.91 bits per heavy atom. The van der Waals surface area contributed by atoms with Crippen molar-refractivity contribution in [3.63, 3.8) is 0 Å². The molecule has 1 heterocycles. The first-order chi connectivity index (χ1) is 10.8. The minimum atomic E-state index is 0.429. The summed E-state index contributed by atoms with van der Waals surface area (Å²) in [6.07, 6.45) is 14.9. The summed E-state index contributed by atoms with van der Waals surface area (Å²) in [7, 11) is 0. The van der Waals surface area contributed by atoms with Gasteiger partial charge in [-0.2, -0.15) is 0 Å². The van der Waals surface area contributed by atoms with Crippen molar-refractivity contribution in [3.8, 4) is 0 Å². The fourth-order valence-corrected chi connectivity index (χ4v) is 5.34. The maximum atomic E-state index is 12.5. The maximum Gasteiger partial charge on any atom is 0.222 e. The number of amides is 1. The third kappa shape index (κ3) is 3.84. The van der Waals surface area contributed by atoms with E-state index < -0.39 is 0 Å². The van der Waals surface area contributed by atoms with Crippen LogP contribution in [0.25, 0.3) is 0 Å². The Labute approximate surface area is 136 Å². The Hall–Kier alpha value is -0.570. The topological polar surface area (TPSA) is 46.3 Å². The first kappa shape index (κ1) is 16.3.